The Kier molecular flexibility index (Phi) is 2.37. The summed E-state index contributed by atoms with van der Waals surface area (Å²) in [5, 5.41) is 2.15. The van der Waals surface area contributed by atoms with E-state index in [4.69, 9.17) is 0 Å². The van der Waals surface area contributed by atoms with E-state index in [0.29, 0.717) is 5.75 Å². The Labute approximate surface area is 83.8 Å². The smallest absolute Gasteiger partial charge is 0.186 e. The van der Waals surface area contributed by atoms with Gasteiger partial charge in [-0.1, -0.05) is 11.8 Å². The predicted molar refractivity (Wildman–Crippen MR) is 55.0 cm³/mol. The van der Waals surface area contributed by atoms with Crippen LogP contribution in [0.5, 0.6) is 0 Å². The molecule has 0 saturated carbocycles. The molecular formula is C8H8N2OS2. The number of hydrogen-bond acceptors (Lipinski definition) is 4. The lowest BCUT2D eigenvalue weighted by atomic mass is 10.6. The van der Waals surface area contributed by atoms with Crippen LogP contribution >= 0.6 is 23.1 Å². The minimum atomic E-state index is 0.137. The van der Waals surface area contributed by atoms with E-state index in [-0.39, 0.29) is 5.12 Å². The molecular weight excluding hydrogens is 204 g/mol. The second-order valence-electron chi connectivity index (χ2n) is 2.59. The number of carbonyl (C=O) groups excluding carboxylic acids is 1. The molecule has 0 aliphatic rings. The number of carbonyl (C=O) groups is 1. The van der Waals surface area contributed by atoms with Gasteiger partial charge in [-0.25, -0.2) is 4.98 Å². The average Bonchev–Trinajstić information content (AvgIpc) is 2.60. The van der Waals surface area contributed by atoms with E-state index in [1.54, 1.807) is 24.6 Å². The third kappa shape index (κ3) is 1.76. The van der Waals surface area contributed by atoms with Crippen molar-refractivity contribution < 1.29 is 4.79 Å². The lowest BCUT2D eigenvalue weighted by molar-refractivity contribution is -0.109. The molecule has 0 N–H and O–H groups in total. The minimum Gasteiger partial charge on any atom is -0.297 e. The summed E-state index contributed by atoms with van der Waals surface area (Å²) < 4.78 is 1.97. The Hall–Kier alpha value is -0.810. The molecule has 0 fully saturated rings. The molecule has 68 valence electrons. The maximum Gasteiger partial charge on any atom is 0.186 e. The van der Waals surface area contributed by atoms with Gasteiger partial charge in [0.15, 0.2) is 5.12 Å². The summed E-state index contributed by atoms with van der Waals surface area (Å²) in [4.78, 5) is 16.1. The Morgan fingerprint density at radius 3 is 3.38 bits per heavy atom. The lowest BCUT2D eigenvalue weighted by Crippen LogP contribution is -1.85. The topological polar surface area (TPSA) is 34.4 Å². The summed E-state index contributed by atoms with van der Waals surface area (Å²) in [6.45, 7) is 1.58. The number of thiazole rings is 1. The van der Waals surface area contributed by atoms with Crippen LogP contribution in [0.15, 0.2) is 17.9 Å². The Morgan fingerprint density at radius 1 is 1.77 bits per heavy atom. The molecule has 0 unspecified atom stereocenters. The van der Waals surface area contributed by atoms with Crippen molar-refractivity contribution in [1.29, 1.82) is 0 Å². The minimum absolute atomic E-state index is 0.137. The second-order valence-corrected chi connectivity index (χ2v) is 4.63. The number of imidazole rings is 1. The third-order valence-corrected chi connectivity index (χ3v) is 3.38. The van der Waals surface area contributed by atoms with Crippen molar-refractivity contribution >= 4 is 33.0 Å². The van der Waals surface area contributed by atoms with Crippen molar-refractivity contribution in [3.8, 4) is 0 Å². The van der Waals surface area contributed by atoms with Crippen molar-refractivity contribution in [3.05, 3.63) is 23.6 Å². The first-order valence-corrected chi connectivity index (χ1v) is 5.66. The van der Waals surface area contributed by atoms with Crippen molar-refractivity contribution in [2.24, 2.45) is 0 Å². The summed E-state index contributed by atoms with van der Waals surface area (Å²) >= 11 is 2.95. The molecule has 0 saturated heterocycles. The van der Waals surface area contributed by atoms with Gasteiger partial charge in [-0.15, -0.1) is 11.3 Å². The Balaban J connectivity index is 2.23. The van der Waals surface area contributed by atoms with E-state index in [1.807, 2.05) is 16.0 Å². The molecule has 2 rings (SSSR count). The molecule has 0 spiro atoms. The first-order chi connectivity index (χ1) is 6.27. The zero-order chi connectivity index (χ0) is 9.26. The van der Waals surface area contributed by atoms with Crippen LogP contribution in [-0.4, -0.2) is 14.5 Å². The highest BCUT2D eigenvalue weighted by Gasteiger charge is 2.06. The van der Waals surface area contributed by atoms with Gasteiger partial charge in [0.05, 0.1) is 5.69 Å². The number of thioether (sulfide) groups is 1. The fraction of sp³-hybridized carbons (Fsp3) is 0.250. The predicted octanol–water partition coefficient (Wildman–Crippen LogP) is 2.18. The molecule has 0 atom stereocenters. The van der Waals surface area contributed by atoms with Gasteiger partial charge in [0, 0.05) is 24.3 Å². The van der Waals surface area contributed by atoms with Gasteiger partial charge in [0.25, 0.3) is 0 Å². The summed E-state index contributed by atoms with van der Waals surface area (Å²) in [6.07, 6.45) is 3.75. The monoisotopic (exact) mass is 212 g/mol. The van der Waals surface area contributed by atoms with Crippen molar-refractivity contribution in [1.82, 2.24) is 9.38 Å². The fourth-order valence-electron chi connectivity index (χ4n) is 1.05. The van der Waals surface area contributed by atoms with E-state index < -0.39 is 0 Å². The number of hydrogen-bond donors (Lipinski definition) is 0. The van der Waals surface area contributed by atoms with Crippen LogP contribution in [0.1, 0.15) is 12.6 Å². The molecule has 2 aromatic rings. The summed E-state index contributed by atoms with van der Waals surface area (Å²) in [5.41, 5.74) is 0.996. The first-order valence-electron chi connectivity index (χ1n) is 3.80. The number of fused-ring (bicyclic) bond motifs is 1. The number of aromatic nitrogens is 2. The maximum atomic E-state index is 10.7. The highest BCUT2D eigenvalue weighted by Crippen LogP contribution is 2.20. The zero-order valence-corrected chi connectivity index (χ0v) is 8.69. The van der Waals surface area contributed by atoms with Crippen LogP contribution in [-0.2, 0) is 10.5 Å². The van der Waals surface area contributed by atoms with E-state index in [9.17, 15) is 4.79 Å². The SMILES string of the molecule is CC(=O)SCc1ncn2ccsc12. The molecule has 5 heteroatoms. The molecule has 0 radical (unpaired) electrons. The van der Waals surface area contributed by atoms with Crippen LogP contribution in [0.3, 0.4) is 0 Å². The highest BCUT2D eigenvalue weighted by atomic mass is 32.2. The molecule has 0 amide bonds. The van der Waals surface area contributed by atoms with E-state index in [0.717, 1.165) is 10.5 Å². The van der Waals surface area contributed by atoms with Crippen LogP contribution < -0.4 is 0 Å². The van der Waals surface area contributed by atoms with Gasteiger partial charge in [-0.3, -0.25) is 9.20 Å². The van der Waals surface area contributed by atoms with Crippen LogP contribution in [0, 0.1) is 0 Å². The van der Waals surface area contributed by atoms with Gasteiger partial charge in [0.2, 0.25) is 0 Å². The highest BCUT2D eigenvalue weighted by molar-refractivity contribution is 8.12. The summed E-state index contributed by atoms with van der Waals surface area (Å²) in [6, 6.07) is 0. The van der Waals surface area contributed by atoms with Gasteiger partial charge in [0.1, 0.15) is 11.2 Å². The van der Waals surface area contributed by atoms with Gasteiger partial charge >= 0.3 is 0 Å². The molecule has 0 aliphatic heterocycles. The normalized spacial score (nSPS) is 10.8. The van der Waals surface area contributed by atoms with Crippen LogP contribution in [0.2, 0.25) is 0 Å². The standard InChI is InChI=1S/C8H8N2OS2/c1-6(11)13-4-7-8-10(5-9-7)2-3-12-8/h2-3,5H,4H2,1H3. The fourth-order valence-corrected chi connectivity index (χ4v) is 2.51. The molecule has 13 heavy (non-hydrogen) atoms. The van der Waals surface area contributed by atoms with E-state index in [2.05, 4.69) is 4.98 Å². The third-order valence-electron chi connectivity index (χ3n) is 1.63. The number of rotatable bonds is 2. The molecule has 0 bridgehead atoms. The Bertz CT molecular complexity index is 432. The quantitative estimate of drug-likeness (QED) is 0.765. The Morgan fingerprint density at radius 2 is 2.62 bits per heavy atom. The number of nitrogens with zero attached hydrogens (tertiary/aromatic N) is 2. The summed E-state index contributed by atoms with van der Waals surface area (Å²) in [5.74, 6) is 0.673. The lowest BCUT2D eigenvalue weighted by Gasteiger charge is -1.91. The summed E-state index contributed by atoms with van der Waals surface area (Å²) in [7, 11) is 0. The molecule has 3 nitrogen and oxygen atoms in total. The van der Waals surface area contributed by atoms with Crippen molar-refractivity contribution in [2.75, 3.05) is 0 Å². The van der Waals surface area contributed by atoms with Crippen molar-refractivity contribution in [2.45, 2.75) is 12.7 Å². The van der Waals surface area contributed by atoms with Crippen LogP contribution in [0.4, 0.5) is 0 Å². The molecule has 0 aliphatic carbocycles. The molecule has 2 heterocycles. The zero-order valence-electron chi connectivity index (χ0n) is 7.06. The van der Waals surface area contributed by atoms with Gasteiger partial charge in [-0.05, 0) is 0 Å². The van der Waals surface area contributed by atoms with Crippen molar-refractivity contribution in [3.63, 3.8) is 0 Å². The first kappa shape index (κ1) is 8.77. The maximum absolute atomic E-state index is 10.7. The van der Waals surface area contributed by atoms with E-state index >= 15 is 0 Å². The average molecular weight is 212 g/mol. The van der Waals surface area contributed by atoms with Gasteiger partial charge in [-0.2, -0.15) is 0 Å². The van der Waals surface area contributed by atoms with Crippen LogP contribution in [0.25, 0.3) is 4.83 Å². The van der Waals surface area contributed by atoms with E-state index in [1.165, 1.54) is 11.8 Å². The largest absolute Gasteiger partial charge is 0.297 e. The molecule has 2 aromatic heterocycles. The second kappa shape index (κ2) is 3.51. The van der Waals surface area contributed by atoms with Gasteiger partial charge < -0.3 is 0 Å². The molecule has 0 aromatic carbocycles.